The number of nitrogens with zero attached hydrogens (tertiary/aromatic N) is 1. The third-order valence-corrected chi connectivity index (χ3v) is 4.35. The van der Waals surface area contributed by atoms with Crippen molar-refractivity contribution in [2.75, 3.05) is 34.0 Å². The topological polar surface area (TPSA) is 49.8 Å². The third kappa shape index (κ3) is 3.14. The molecule has 1 aliphatic heterocycles. The Labute approximate surface area is 117 Å². The molecule has 0 radical (unpaired) electrons. The number of rotatable bonds is 6. The van der Waals surface area contributed by atoms with Crippen LogP contribution in [0.3, 0.4) is 0 Å². The van der Waals surface area contributed by atoms with E-state index in [1.165, 1.54) is 0 Å². The molecule has 0 spiro atoms. The summed E-state index contributed by atoms with van der Waals surface area (Å²) < 4.78 is 21.9. The van der Waals surface area contributed by atoms with Crippen molar-refractivity contribution in [2.45, 2.75) is 31.7 Å². The molecule has 1 aromatic rings. The van der Waals surface area contributed by atoms with Crippen molar-refractivity contribution in [3.05, 3.63) is 16.1 Å². The molecule has 0 atom stereocenters. The Bertz CT molecular complexity index is 380. The molecule has 1 saturated heterocycles. The van der Waals surface area contributed by atoms with E-state index in [1.54, 1.807) is 25.6 Å². The predicted octanol–water partition coefficient (Wildman–Crippen LogP) is 2.48. The lowest BCUT2D eigenvalue weighted by Crippen LogP contribution is -2.36. The second-order valence-corrected chi connectivity index (χ2v) is 5.28. The summed E-state index contributed by atoms with van der Waals surface area (Å²) in [6.45, 7) is 4.12. The van der Waals surface area contributed by atoms with Gasteiger partial charge in [0.25, 0.3) is 0 Å². The second-order valence-electron chi connectivity index (χ2n) is 4.42. The van der Waals surface area contributed by atoms with Crippen LogP contribution in [0, 0.1) is 0 Å². The van der Waals surface area contributed by atoms with Crippen LogP contribution in [0.25, 0.3) is 0 Å². The number of hydrogen-bond acceptors (Lipinski definition) is 6. The SMILES string of the molecule is CCOC1(c2nc(C(OC)OC)cs2)CCOCC1. The lowest BCUT2D eigenvalue weighted by atomic mass is 9.95. The fourth-order valence-corrected chi connectivity index (χ4v) is 3.37. The molecule has 0 bridgehead atoms. The number of ether oxygens (including phenoxy) is 4. The Morgan fingerprint density at radius 1 is 1.37 bits per heavy atom. The van der Waals surface area contributed by atoms with Crippen LogP contribution in [0.4, 0.5) is 0 Å². The van der Waals surface area contributed by atoms with Gasteiger partial charge >= 0.3 is 0 Å². The highest BCUT2D eigenvalue weighted by molar-refractivity contribution is 7.09. The third-order valence-electron chi connectivity index (χ3n) is 3.30. The Morgan fingerprint density at radius 2 is 2.05 bits per heavy atom. The predicted molar refractivity (Wildman–Crippen MR) is 72.2 cm³/mol. The smallest absolute Gasteiger partial charge is 0.201 e. The van der Waals surface area contributed by atoms with Gasteiger partial charge in [-0.05, 0) is 6.92 Å². The molecule has 5 nitrogen and oxygen atoms in total. The highest BCUT2D eigenvalue weighted by Crippen LogP contribution is 2.38. The summed E-state index contributed by atoms with van der Waals surface area (Å²) in [6, 6.07) is 0. The molecule has 19 heavy (non-hydrogen) atoms. The molecule has 1 aromatic heterocycles. The van der Waals surface area contributed by atoms with Crippen LogP contribution in [-0.2, 0) is 24.5 Å². The van der Waals surface area contributed by atoms with Crippen molar-refractivity contribution in [1.82, 2.24) is 4.98 Å². The number of aromatic nitrogens is 1. The zero-order valence-corrected chi connectivity index (χ0v) is 12.5. The van der Waals surface area contributed by atoms with E-state index in [-0.39, 0.29) is 5.60 Å². The van der Waals surface area contributed by atoms with Crippen LogP contribution in [0.2, 0.25) is 0 Å². The number of methoxy groups -OCH3 is 2. The molecule has 0 amide bonds. The van der Waals surface area contributed by atoms with Crippen LogP contribution in [0.5, 0.6) is 0 Å². The first-order valence-electron chi connectivity index (χ1n) is 6.49. The van der Waals surface area contributed by atoms with Crippen molar-refractivity contribution < 1.29 is 18.9 Å². The highest BCUT2D eigenvalue weighted by Gasteiger charge is 2.38. The zero-order chi connectivity index (χ0) is 13.7. The number of thiazole rings is 1. The summed E-state index contributed by atoms with van der Waals surface area (Å²) in [7, 11) is 3.22. The lowest BCUT2D eigenvalue weighted by molar-refractivity contribution is -0.116. The first-order chi connectivity index (χ1) is 9.25. The average Bonchev–Trinajstić information content (AvgIpc) is 2.92. The van der Waals surface area contributed by atoms with E-state index in [4.69, 9.17) is 18.9 Å². The summed E-state index contributed by atoms with van der Waals surface area (Å²) in [5.41, 5.74) is 0.498. The molecule has 2 rings (SSSR count). The molecule has 6 heteroatoms. The van der Waals surface area contributed by atoms with Gasteiger partial charge in [0.2, 0.25) is 6.29 Å². The zero-order valence-electron chi connectivity index (χ0n) is 11.7. The summed E-state index contributed by atoms with van der Waals surface area (Å²) >= 11 is 1.60. The van der Waals surface area contributed by atoms with Gasteiger partial charge in [0.1, 0.15) is 16.3 Å². The van der Waals surface area contributed by atoms with E-state index >= 15 is 0 Å². The summed E-state index contributed by atoms with van der Waals surface area (Å²) in [5, 5.41) is 2.97. The molecule has 108 valence electrons. The molecule has 0 aromatic carbocycles. The molecular weight excluding hydrogens is 266 g/mol. The van der Waals surface area contributed by atoms with Gasteiger partial charge in [0, 0.05) is 52.3 Å². The van der Waals surface area contributed by atoms with E-state index in [0.29, 0.717) is 19.8 Å². The normalized spacial score (nSPS) is 18.9. The van der Waals surface area contributed by atoms with E-state index < -0.39 is 6.29 Å². The van der Waals surface area contributed by atoms with Crippen LogP contribution >= 0.6 is 11.3 Å². The van der Waals surface area contributed by atoms with Crippen LogP contribution < -0.4 is 0 Å². The van der Waals surface area contributed by atoms with Gasteiger partial charge in [-0.3, -0.25) is 0 Å². The van der Waals surface area contributed by atoms with Crippen molar-refractivity contribution >= 4 is 11.3 Å². The minimum absolute atomic E-state index is 0.304. The average molecular weight is 287 g/mol. The van der Waals surface area contributed by atoms with E-state index in [1.807, 2.05) is 12.3 Å². The lowest BCUT2D eigenvalue weighted by Gasteiger charge is -2.35. The van der Waals surface area contributed by atoms with E-state index in [2.05, 4.69) is 4.98 Å². The van der Waals surface area contributed by atoms with Gasteiger partial charge in [0.05, 0.1) is 0 Å². The summed E-state index contributed by atoms with van der Waals surface area (Å²) in [4.78, 5) is 4.65. The van der Waals surface area contributed by atoms with Gasteiger partial charge in [-0.15, -0.1) is 11.3 Å². The molecule has 1 fully saturated rings. The van der Waals surface area contributed by atoms with Crippen molar-refractivity contribution in [2.24, 2.45) is 0 Å². The Balaban J connectivity index is 2.22. The van der Waals surface area contributed by atoms with Gasteiger partial charge in [0.15, 0.2) is 0 Å². The van der Waals surface area contributed by atoms with E-state index in [0.717, 1.165) is 23.5 Å². The quantitative estimate of drug-likeness (QED) is 0.752. The minimum Gasteiger partial charge on any atom is -0.381 e. The summed E-state index contributed by atoms with van der Waals surface area (Å²) in [5.74, 6) is 0. The van der Waals surface area contributed by atoms with Gasteiger partial charge in [-0.2, -0.15) is 0 Å². The highest BCUT2D eigenvalue weighted by atomic mass is 32.1. The molecular formula is C13H21NO4S. The largest absolute Gasteiger partial charge is 0.381 e. The fourth-order valence-electron chi connectivity index (χ4n) is 2.34. The standard InChI is InChI=1S/C13H21NO4S/c1-4-18-13(5-7-17-8-6-13)12-14-10(9-19-12)11(15-2)16-3/h9,11H,4-8H2,1-3H3. The maximum Gasteiger partial charge on any atom is 0.201 e. The van der Waals surface area contributed by atoms with Crippen molar-refractivity contribution in [3.8, 4) is 0 Å². The summed E-state index contributed by atoms with van der Waals surface area (Å²) in [6.07, 6.45) is 1.28. The Kier molecular flexibility index (Phi) is 5.29. The maximum atomic E-state index is 6.00. The van der Waals surface area contributed by atoms with Crippen LogP contribution in [0.1, 0.15) is 36.8 Å². The molecule has 0 unspecified atom stereocenters. The minimum atomic E-state index is -0.413. The molecule has 0 saturated carbocycles. The molecule has 2 heterocycles. The number of hydrogen-bond donors (Lipinski definition) is 0. The molecule has 1 aliphatic rings. The van der Waals surface area contributed by atoms with Crippen molar-refractivity contribution in [3.63, 3.8) is 0 Å². The van der Waals surface area contributed by atoms with Crippen molar-refractivity contribution in [1.29, 1.82) is 0 Å². The van der Waals surface area contributed by atoms with Gasteiger partial charge in [-0.25, -0.2) is 4.98 Å². The fraction of sp³-hybridized carbons (Fsp3) is 0.769. The Hall–Kier alpha value is -0.530. The van der Waals surface area contributed by atoms with Gasteiger partial charge < -0.3 is 18.9 Å². The van der Waals surface area contributed by atoms with Crippen LogP contribution in [-0.4, -0.2) is 39.0 Å². The molecule has 0 aliphatic carbocycles. The first kappa shape index (κ1) is 14.9. The van der Waals surface area contributed by atoms with Gasteiger partial charge in [-0.1, -0.05) is 0 Å². The molecule has 0 N–H and O–H groups in total. The van der Waals surface area contributed by atoms with Crippen LogP contribution in [0.15, 0.2) is 5.38 Å². The Morgan fingerprint density at radius 3 is 2.63 bits per heavy atom. The second kappa shape index (κ2) is 6.76. The first-order valence-corrected chi connectivity index (χ1v) is 7.37. The maximum absolute atomic E-state index is 6.00. The van der Waals surface area contributed by atoms with E-state index in [9.17, 15) is 0 Å². The monoisotopic (exact) mass is 287 g/mol.